The van der Waals surface area contributed by atoms with Crippen molar-refractivity contribution in [1.29, 1.82) is 0 Å². The van der Waals surface area contributed by atoms with Gasteiger partial charge in [0.1, 0.15) is 5.82 Å². The van der Waals surface area contributed by atoms with Crippen molar-refractivity contribution in [3.63, 3.8) is 0 Å². The molecule has 108 valence electrons. The molecule has 0 unspecified atom stereocenters. The number of hydrogen-bond donors (Lipinski definition) is 3. The SMILES string of the molecule is CNCc1c[nH]c2cc(Nc3ccc(F)cc3Cl)cnc12. The number of anilines is 2. The fourth-order valence-electron chi connectivity index (χ4n) is 2.20. The van der Waals surface area contributed by atoms with E-state index >= 15 is 0 Å². The molecular weight excluding hydrogens is 291 g/mol. The highest BCUT2D eigenvalue weighted by Crippen LogP contribution is 2.27. The number of nitrogens with one attached hydrogen (secondary N) is 3. The number of benzene rings is 1. The predicted octanol–water partition coefficient (Wildman–Crippen LogP) is 3.82. The van der Waals surface area contributed by atoms with Crippen LogP contribution in [0, 0.1) is 5.82 Å². The van der Waals surface area contributed by atoms with Crippen LogP contribution in [0.5, 0.6) is 0 Å². The van der Waals surface area contributed by atoms with Gasteiger partial charge in [-0.05, 0) is 31.3 Å². The lowest BCUT2D eigenvalue weighted by Crippen LogP contribution is -2.04. The van der Waals surface area contributed by atoms with Gasteiger partial charge in [0.25, 0.3) is 0 Å². The second-order valence-electron chi connectivity index (χ2n) is 4.71. The van der Waals surface area contributed by atoms with Crippen LogP contribution in [-0.4, -0.2) is 17.0 Å². The van der Waals surface area contributed by atoms with Crippen molar-refractivity contribution in [1.82, 2.24) is 15.3 Å². The third kappa shape index (κ3) is 2.84. The average Bonchev–Trinajstić information content (AvgIpc) is 2.85. The van der Waals surface area contributed by atoms with Gasteiger partial charge in [-0.25, -0.2) is 4.39 Å². The van der Waals surface area contributed by atoms with Gasteiger partial charge in [-0.2, -0.15) is 0 Å². The first-order valence-corrected chi connectivity index (χ1v) is 6.88. The molecule has 3 aromatic rings. The van der Waals surface area contributed by atoms with Gasteiger partial charge in [0.15, 0.2) is 0 Å². The number of halogens is 2. The lowest BCUT2D eigenvalue weighted by atomic mass is 10.2. The minimum Gasteiger partial charge on any atom is -0.359 e. The molecule has 0 radical (unpaired) electrons. The molecule has 0 aliphatic carbocycles. The van der Waals surface area contributed by atoms with Crippen LogP contribution in [0.25, 0.3) is 11.0 Å². The molecule has 4 nitrogen and oxygen atoms in total. The first kappa shape index (κ1) is 13.9. The highest BCUT2D eigenvalue weighted by molar-refractivity contribution is 6.33. The zero-order valence-corrected chi connectivity index (χ0v) is 12.1. The van der Waals surface area contributed by atoms with Gasteiger partial charge in [0.2, 0.25) is 0 Å². The first-order chi connectivity index (χ1) is 10.2. The Balaban J connectivity index is 1.91. The third-order valence-electron chi connectivity index (χ3n) is 3.17. The molecule has 0 saturated heterocycles. The van der Waals surface area contributed by atoms with E-state index in [9.17, 15) is 4.39 Å². The topological polar surface area (TPSA) is 52.7 Å². The molecule has 0 atom stereocenters. The van der Waals surface area contributed by atoms with Gasteiger partial charge in [0, 0.05) is 18.3 Å². The molecule has 0 bridgehead atoms. The summed E-state index contributed by atoms with van der Waals surface area (Å²) in [5, 5.41) is 6.57. The second-order valence-corrected chi connectivity index (χ2v) is 5.12. The summed E-state index contributed by atoms with van der Waals surface area (Å²) in [4.78, 5) is 7.64. The number of rotatable bonds is 4. The summed E-state index contributed by atoms with van der Waals surface area (Å²) >= 11 is 6.00. The van der Waals surface area contributed by atoms with E-state index in [2.05, 4.69) is 20.6 Å². The van der Waals surface area contributed by atoms with E-state index in [-0.39, 0.29) is 5.82 Å². The van der Waals surface area contributed by atoms with Crippen LogP contribution in [-0.2, 0) is 6.54 Å². The van der Waals surface area contributed by atoms with E-state index in [1.165, 1.54) is 12.1 Å². The number of H-pyrrole nitrogens is 1. The van der Waals surface area contributed by atoms with E-state index in [1.807, 2.05) is 19.3 Å². The molecule has 0 fully saturated rings. The largest absolute Gasteiger partial charge is 0.359 e. The van der Waals surface area contributed by atoms with Crippen molar-refractivity contribution in [3.05, 3.63) is 53.1 Å². The van der Waals surface area contributed by atoms with Crippen LogP contribution in [0.2, 0.25) is 5.02 Å². The molecular formula is C15H14ClFN4. The number of nitrogens with zero attached hydrogens (tertiary/aromatic N) is 1. The van der Waals surface area contributed by atoms with E-state index in [4.69, 9.17) is 11.6 Å². The van der Waals surface area contributed by atoms with E-state index in [1.54, 1.807) is 12.3 Å². The van der Waals surface area contributed by atoms with Gasteiger partial charge >= 0.3 is 0 Å². The van der Waals surface area contributed by atoms with E-state index < -0.39 is 0 Å². The molecule has 3 N–H and O–H groups in total. The normalized spacial score (nSPS) is 11.0. The number of pyridine rings is 1. The van der Waals surface area contributed by atoms with Crippen molar-refractivity contribution in [2.75, 3.05) is 12.4 Å². The van der Waals surface area contributed by atoms with Crippen molar-refractivity contribution in [2.45, 2.75) is 6.54 Å². The zero-order valence-electron chi connectivity index (χ0n) is 11.4. The lowest BCUT2D eigenvalue weighted by molar-refractivity contribution is 0.628. The summed E-state index contributed by atoms with van der Waals surface area (Å²) in [7, 11) is 1.89. The second kappa shape index (κ2) is 5.71. The van der Waals surface area contributed by atoms with Gasteiger partial charge in [-0.3, -0.25) is 4.98 Å². The monoisotopic (exact) mass is 304 g/mol. The molecule has 0 aliphatic rings. The maximum absolute atomic E-state index is 13.0. The Hall–Kier alpha value is -2.11. The Kier molecular flexibility index (Phi) is 3.77. The van der Waals surface area contributed by atoms with Gasteiger partial charge in [-0.1, -0.05) is 11.6 Å². The molecule has 0 aliphatic heterocycles. The van der Waals surface area contributed by atoms with Crippen molar-refractivity contribution in [3.8, 4) is 0 Å². The van der Waals surface area contributed by atoms with Crippen LogP contribution in [0.3, 0.4) is 0 Å². The Bertz CT molecular complexity index is 784. The summed E-state index contributed by atoms with van der Waals surface area (Å²) in [6, 6.07) is 6.18. The number of aromatic amines is 1. The third-order valence-corrected chi connectivity index (χ3v) is 3.48. The molecule has 0 spiro atoms. The standard InChI is InChI=1S/C15H14ClFN4/c1-18-6-9-7-19-14-5-11(8-20-15(9)14)21-13-3-2-10(17)4-12(13)16/h2-5,7-8,18-19,21H,6H2,1H3. The summed E-state index contributed by atoms with van der Waals surface area (Å²) in [6.07, 6.45) is 3.66. The van der Waals surface area contributed by atoms with Crippen molar-refractivity contribution >= 4 is 34.0 Å². The summed E-state index contributed by atoms with van der Waals surface area (Å²) in [5.41, 5.74) is 4.40. The van der Waals surface area contributed by atoms with Crippen LogP contribution < -0.4 is 10.6 Å². The molecule has 21 heavy (non-hydrogen) atoms. The number of aromatic nitrogens is 2. The summed E-state index contributed by atoms with van der Waals surface area (Å²) in [5.74, 6) is -0.361. The highest BCUT2D eigenvalue weighted by Gasteiger charge is 2.07. The first-order valence-electron chi connectivity index (χ1n) is 6.50. The van der Waals surface area contributed by atoms with E-state index in [0.29, 0.717) is 10.7 Å². The van der Waals surface area contributed by atoms with Gasteiger partial charge in [0.05, 0.1) is 33.6 Å². The predicted molar refractivity (Wildman–Crippen MR) is 83.6 cm³/mol. The molecule has 2 heterocycles. The number of fused-ring (bicyclic) bond motifs is 1. The summed E-state index contributed by atoms with van der Waals surface area (Å²) in [6.45, 7) is 0.754. The highest BCUT2D eigenvalue weighted by atomic mass is 35.5. The number of hydrogen-bond acceptors (Lipinski definition) is 3. The molecule has 1 aromatic carbocycles. The summed E-state index contributed by atoms with van der Waals surface area (Å²) < 4.78 is 13.0. The minimum absolute atomic E-state index is 0.331. The Morgan fingerprint density at radius 1 is 1.33 bits per heavy atom. The maximum Gasteiger partial charge on any atom is 0.124 e. The van der Waals surface area contributed by atoms with Crippen molar-refractivity contribution < 1.29 is 4.39 Å². The Morgan fingerprint density at radius 2 is 2.19 bits per heavy atom. The minimum atomic E-state index is -0.361. The van der Waals surface area contributed by atoms with Crippen molar-refractivity contribution in [2.24, 2.45) is 0 Å². The molecule has 0 saturated carbocycles. The van der Waals surface area contributed by atoms with Gasteiger partial charge < -0.3 is 15.6 Å². The van der Waals surface area contributed by atoms with Gasteiger partial charge in [-0.15, -0.1) is 0 Å². The quantitative estimate of drug-likeness (QED) is 0.687. The molecule has 6 heteroatoms. The smallest absolute Gasteiger partial charge is 0.124 e. The fraction of sp³-hybridized carbons (Fsp3) is 0.133. The lowest BCUT2D eigenvalue weighted by Gasteiger charge is -2.08. The van der Waals surface area contributed by atoms with Crippen LogP contribution in [0.15, 0.2) is 36.7 Å². The van der Waals surface area contributed by atoms with E-state index in [0.717, 1.165) is 28.8 Å². The fourth-order valence-corrected chi connectivity index (χ4v) is 2.42. The van der Waals surface area contributed by atoms with Crippen LogP contribution in [0.4, 0.5) is 15.8 Å². The zero-order chi connectivity index (χ0) is 14.8. The average molecular weight is 305 g/mol. The van der Waals surface area contributed by atoms with Crippen LogP contribution >= 0.6 is 11.6 Å². The van der Waals surface area contributed by atoms with Crippen LogP contribution in [0.1, 0.15) is 5.56 Å². The Morgan fingerprint density at radius 3 is 2.95 bits per heavy atom. The Labute approximate surface area is 126 Å². The molecule has 2 aromatic heterocycles. The molecule has 0 amide bonds. The molecule has 3 rings (SSSR count). The maximum atomic E-state index is 13.0.